The third-order valence-corrected chi connectivity index (χ3v) is 11.4. The molecule has 2 aromatic heterocycles. The number of para-hydroxylation sites is 2. The van der Waals surface area contributed by atoms with Crippen molar-refractivity contribution in [1.82, 2.24) is 14.5 Å². The van der Waals surface area contributed by atoms with Crippen LogP contribution in [0.5, 0.6) is 5.75 Å². The Balaban J connectivity index is 0.00000562. The number of aromatic nitrogens is 3. The average Bonchev–Trinajstić information content (AvgIpc) is 3.73. The second-order valence-electron chi connectivity index (χ2n) is 15.7. The van der Waals surface area contributed by atoms with E-state index in [-0.39, 0.29) is 32.4 Å². The molecule has 308 valence electrons. The molecular formula is C58H44N3OPt-. The Morgan fingerprint density at radius 2 is 1.17 bits per heavy atom. The van der Waals surface area contributed by atoms with Crippen LogP contribution in [0.3, 0.4) is 0 Å². The molecule has 0 atom stereocenters. The van der Waals surface area contributed by atoms with Gasteiger partial charge in [-0.2, -0.15) is 0 Å². The van der Waals surface area contributed by atoms with E-state index < -0.39 is 12.7 Å². The molecule has 0 amide bonds. The number of hydrogen-bond acceptors (Lipinski definition) is 3. The van der Waals surface area contributed by atoms with Crippen LogP contribution in [0.1, 0.15) is 36.4 Å². The maximum Gasteiger partial charge on any atom is 0.148 e. The summed E-state index contributed by atoms with van der Waals surface area (Å²) in [6, 6.07) is 67.3. The first-order chi connectivity index (χ1) is 31.9. The first-order valence-electron chi connectivity index (χ1n) is 22.7. The van der Waals surface area contributed by atoms with Crippen LogP contribution in [0.15, 0.2) is 200 Å². The van der Waals surface area contributed by atoms with Crippen LogP contribution in [0, 0.1) is 12.9 Å². The number of fused-ring (bicyclic) bond motifs is 1. The van der Waals surface area contributed by atoms with Gasteiger partial charge in [0, 0.05) is 44.0 Å². The second kappa shape index (κ2) is 17.7. The third kappa shape index (κ3) is 8.07. The van der Waals surface area contributed by atoms with Crippen LogP contribution in [0.2, 0.25) is 0 Å². The molecule has 0 spiro atoms. The molecule has 0 bridgehead atoms. The minimum Gasteiger partial charge on any atom is -0.507 e. The number of pyridine rings is 1. The van der Waals surface area contributed by atoms with Gasteiger partial charge >= 0.3 is 0 Å². The molecule has 10 aromatic rings. The maximum atomic E-state index is 11.6. The number of hydrogen-bond donors (Lipinski definition) is 1. The van der Waals surface area contributed by atoms with Gasteiger partial charge in [-0.1, -0.05) is 182 Å². The third-order valence-electron chi connectivity index (χ3n) is 11.4. The molecule has 10 rings (SSSR count). The van der Waals surface area contributed by atoms with Crippen molar-refractivity contribution in [2.45, 2.75) is 26.6 Å². The number of aromatic hydroxyl groups is 1. The molecule has 4 nitrogen and oxygen atoms in total. The Labute approximate surface area is 389 Å². The van der Waals surface area contributed by atoms with Crippen molar-refractivity contribution >= 4 is 11.0 Å². The molecule has 5 heteroatoms. The summed E-state index contributed by atoms with van der Waals surface area (Å²) in [4.78, 5) is 10.3. The zero-order chi connectivity index (χ0) is 45.6. The average molecular weight is 998 g/mol. The molecule has 0 fully saturated rings. The predicted octanol–water partition coefficient (Wildman–Crippen LogP) is 15.0. The van der Waals surface area contributed by atoms with E-state index in [2.05, 4.69) is 83.4 Å². The molecule has 0 saturated heterocycles. The van der Waals surface area contributed by atoms with Gasteiger partial charge in [0.15, 0.2) is 0 Å². The zero-order valence-electron chi connectivity index (χ0n) is 38.7. The number of imidazole rings is 1. The van der Waals surface area contributed by atoms with Gasteiger partial charge in [-0.05, 0) is 88.1 Å². The van der Waals surface area contributed by atoms with E-state index in [1.165, 1.54) is 0 Å². The fourth-order valence-corrected chi connectivity index (χ4v) is 8.37. The van der Waals surface area contributed by atoms with E-state index in [0.29, 0.717) is 22.6 Å². The molecule has 0 radical (unpaired) electrons. The van der Waals surface area contributed by atoms with Crippen LogP contribution >= 0.6 is 0 Å². The van der Waals surface area contributed by atoms with Crippen LogP contribution in [0.4, 0.5) is 0 Å². The van der Waals surface area contributed by atoms with Crippen LogP contribution in [-0.2, 0) is 21.1 Å². The number of rotatable bonds is 9. The van der Waals surface area contributed by atoms with Crippen LogP contribution in [0.25, 0.3) is 95.0 Å². The van der Waals surface area contributed by atoms with Crippen LogP contribution < -0.4 is 0 Å². The van der Waals surface area contributed by atoms with Crippen molar-refractivity contribution in [3.05, 3.63) is 218 Å². The molecule has 63 heavy (non-hydrogen) atoms. The van der Waals surface area contributed by atoms with E-state index in [1.54, 1.807) is 24.4 Å². The van der Waals surface area contributed by atoms with E-state index in [4.69, 9.17) is 14.1 Å². The summed E-state index contributed by atoms with van der Waals surface area (Å²) in [5.74, 6) is -0.278. The van der Waals surface area contributed by atoms with Gasteiger partial charge in [-0.3, -0.25) is 9.55 Å². The zero-order valence-corrected chi connectivity index (χ0v) is 36.9. The molecule has 0 unspecified atom stereocenters. The Bertz CT molecular complexity index is 3380. The van der Waals surface area contributed by atoms with E-state index >= 15 is 0 Å². The molecule has 1 N–H and O–H groups in total. The minimum absolute atomic E-state index is 0. The number of aryl methyl sites for hydroxylation is 1. The Kier molecular flexibility index (Phi) is 10.3. The van der Waals surface area contributed by atoms with E-state index in [9.17, 15) is 6.48 Å². The van der Waals surface area contributed by atoms with Gasteiger partial charge in [0.2, 0.25) is 0 Å². The van der Waals surface area contributed by atoms with Gasteiger partial charge in [-0.15, -0.1) is 23.8 Å². The summed E-state index contributed by atoms with van der Waals surface area (Å²) in [6.07, 6.45) is 1.77. The Hall–Kier alpha value is -7.13. The summed E-state index contributed by atoms with van der Waals surface area (Å²) < 4.78 is 35.1. The molecular weight excluding hydrogens is 950 g/mol. The fraction of sp³-hybridized carbons (Fsp3) is 0.0690. The molecule has 2 heterocycles. The van der Waals surface area contributed by atoms with E-state index in [1.807, 2.05) is 117 Å². The van der Waals surface area contributed by atoms with Gasteiger partial charge in [0.1, 0.15) is 11.6 Å². The van der Waals surface area contributed by atoms with Crippen molar-refractivity contribution in [1.29, 1.82) is 0 Å². The number of phenolic OH excluding ortho intramolecular Hbond substituents is 1. The first-order valence-corrected chi connectivity index (χ1v) is 20.7. The van der Waals surface area contributed by atoms with E-state index in [0.717, 1.165) is 78.0 Å². The van der Waals surface area contributed by atoms with Crippen molar-refractivity contribution in [3.8, 4) is 89.7 Å². The molecule has 0 aliphatic heterocycles. The maximum absolute atomic E-state index is 11.6. The normalized spacial score (nSPS) is 12.5. The van der Waals surface area contributed by atoms with Gasteiger partial charge in [0.05, 0.1) is 22.3 Å². The first kappa shape index (κ1) is 36.5. The quantitative estimate of drug-likeness (QED) is 0.147. The summed E-state index contributed by atoms with van der Waals surface area (Å²) in [6.45, 7) is 1.66. The number of phenols is 1. The minimum atomic E-state index is -2.19. The monoisotopic (exact) mass is 997 g/mol. The molecule has 8 aromatic carbocycles. The van der Waals surface area contributed by atoms with Crippen LogP contribution in [-0.4, -0.2) is 19.6 Å². The fourth-order valence-electron chi connectivity index (χ4n) is 8.37. The number of benzene rings is 8. The Morgan fingerprint density at radius 1 is 0.556 bits per heavy atom. The van der Waals surface area contributed by atoms with Crippen molar-refractivity contribution in [2.75, 3.05) is 0 Å². The van der Waals surface area contributed by atoms with Crippen molar-refractivity contribution in [3.63, 3.8) is 0 Å². The van der Waals surface area contributed by atoms with Gasteiger partial charge in [-0.25, -0.2) is 4.98 Å². The number of nitrogens with zero attached hydrogens (tertiary/aromatic N) is 3. The largest absolute Gasteiger partial charge is 0.507 e. The topological polar surface area (TPSA) is 50.9 Å². The molecule has 0 aliphatic carbocycles. The summed E-state index contributed by atoms with van der Waals surface area (Å²) >= 11 is 0. The molecule has 0 aliphatic rings. The van der Waals surface area contributed by atoms with Gasteiger partial charge in [0.25, 0.3) is 0 Å². The smallest absolute Gasteiger partial charge is 0.148 e. The SMILES string of the molecule is [2H]C([2H])([2H])c1ccc(-c2ccnc(-c3[c-]c(-c4cccc5c4nc(-c4ccccc4O)n5-c4cc(-c5ccccc5)c(C([2H])(C)C)cc4-c4ccccc4)cc(-c4ccccc4)c3)c2)cc1.[Pt]. The Morgan fingerprint density at radius 3 is 1.86 bits per heavy atom. The van der Waals surface area contributed by atoms with Crippen molar-refractivity contribution in [2.24, 2.45) is 0 Å². The molecule has 0 saturated carbocycles. The van der Waals surface area contributed by atoms with Crippen molar-refractivity contribution < 1.29 is 31.7 Å². The summed E-state index contributed by atoms with van der Waals surface area (Å²) in [7, 11) is 0. The predicted molar refractivity (Wildman–Crippen MR) is 256 cm³/mol. The van der Waals surface area contributed by atoms with Gasteiger partial charge < -0.3 is 5.11 Å². The standard InChI is InChI=1S/C58H44N3O.Pt/c1-38(2)50-36-52(43-20-11-6-12-21-43)55(37-51(50)42-18-9-5-10-19-42)61-54-24-15-23-48(57(54)60-58(61)49-22-13-14-25-56(49)62)46-32-45(40-16-7-4-8-17-40)33-47(34-46)53-35-44(30-31-59-53)41-28-26-39(3)27-29-41;/h4-33,35-38,62H,1-3H3;/q-1;/i3D3,38D;. The summed E-state index contributed by atoms with van der Waals surface area (Å²) in [5.41, 5.74) is 14.9. The summed E-state index contributed by atoms with van der Waals surface area (Å²) in [5, 5.41) is 11.6. The second-order valence-corrected chi connectivity index (χ2v) is 15.7.